The summed E-state index contributed by atoms with van der Waals surface area (Å²) >= 11 is 0. The highest BCUT2D eigenvalue weighted by atomic mass is 19.3. The Labute approximate surface area is 219 Å². The number of hydrogen-bond donors (Lipinski definition) is 4. The van der Waals surface area contributed by atoms with Crippen LogP contribution < -0.4 is 20.7 Å². The molecular formula is C26H24F4N6O3. The number of nitrogens with zero attached hydrogens (tertiary/aromatic N) is 3. The molecule has 2 aromatic carbocycles. The fourth-order valence-corrected chi connectivity index (χ4v) is 4.32. The molecule has 4 aromatic rings. The number of aryl methyl sites for hydroxylation is 1. The Kier molecular flexibility index (Phi) is 7.10. The SMILES string of the molecule is CCc1cc(Nc2nccn3c(-c4ccc(OC(F)F)c(F)c4F)cnc23)ccc1C(=O)NCC1(O)CNC1. The van der Waals surface area contributed by atoms with Gasteiger partial charge in [-0.05, 0) is 42.3 Å². The molecule has 0 saturated carbocycles. The summed E-state index contributed by atoms with van der Waals surface area (Å²) < 4.78 is 59.5. The average molecular weight is 545 g/mol. The number of β-amino-alcohol motifs (C(OH)–C–C–N with tert-alkyl or cyclic N) is 1. The summed E-state index contributed by atoms with van der Waals surface area (Å²) in [6.45, 7) is -0.405. The van der Waals surface area contributed by atoms with Gasteiger partial charge < -0.3 is 25.8 Å². The lowest BCUT2D eigenvalue weighted by atomic mass is 9.97. The third kappa shape index (κ3) is 5.22. The number of carbonyl (C=O) groups is 1. The van der Waals surface area contributed by atoms with Gasteiger partial charge in [-0.15, -0.1) is 0 Å². The van der Waals surface area contributed by atoms with E-state index in [1.165, 1.54) is 23.0 Å². The largest absolute Gasteiger partial charge is 0.432 e. The van der Waals surface area contributed by atoms with Crippen molar-refractivity contribution < 1.29 is 32.2 Å². The van der Waals surface area contributed by atoms with Crippen molar-refractivity contribution in [1.29, 1.82) is 0 Å². The summed E-state index contributed by atoms with van der Waals surface area (Å²) in [7, 11) is 0. The lowest BCUT2D eigenvalue weighted by molar-refractivity contribution is -0.0525. The van der Waals surface area contributed by atoms with Crippen molar-refractivity contribution in [2.75, 3.05) is 25.0 Å². The highest BCUT2D eigenvalue weighted by molar-refractivity contribution is 5.96. The number of alkyl halides is 2. The highest BCUT2D eigenvalue weighted by Gasteiger charge is 2.34. The molecule has 0 radical (unpaired) electrons. The maximum atomic E-state index is 14.8. The summed E-state index contributed by atoms with van der Waals surface area (Å²) in [5, 5.41) is 19.1. The number of hydrogen-bond acceptors (Lipinski definition) is 7. The molecule has 0 aliphatic carbocycles. The number of anilines is 2. The quantitative estimate of drug-likeness (QED) is 0.238. The minimum Gasteiger partial charge on any atom is -0.432 e. The van der Waals surface area contributed by atoms with Gasteiger partial charge in [0.05, 0.1) is 11.9 Å². The van der Waals surface area contributed by atoms with Crippen LogP contribution >= 0.6 is 0 Å². The summed E-state index contributed by atoms with van der Waals surface area (Å²) in [4.78, 5) is 21.3. The molecule has 1 saturated heterocycles. The summed E-state index contributed by atoms with van der Waals surface area (Å²) in [6.07, 6.45) is 4.81. The van der Waals surface area contributed by atoms with Gasteiger partial charge in [0.1, 0.15) is 5.60 Å². The molecule has 3 heterocycles. The molecule has 0 unspecified atom stereocenters. The number of imidazole rings is 1. The number of ether oxygens (including phenoxy) is 1. The van der Waals surface area contributed by atoms with E-state index in [4.69, 9.17) is 0 Å². The molecule has 13 heteroatoms. The van der Waals surface area contributed by atoms with Gasteiger partial charge in [-0.25, -0.2) is 14.4 Å². The van der Waals surface area contributed by atoms with Gasteiger partial charge >= 0.3 is 6.61 Å². The Bertz CT molecular complexity index is 1540. The van der Waals surface area contributed by atoms with Crippen LogP contribution in [0.3, 0.4) is 0 Å². The van der Waals surface area contributed by atoms with Gasteiger partial charge in [-0.1, -0.05) is 6.92 Å². The van der Waals surface area contributed by atoms with Crippen molar-refractivity contribution >= 4 is 23.1 Å². The molecule has 0 spiro atoms. The number of carbonyl (C=O) groups excluding carboxylic acids is 1. The summed E-state index contributed by atoms with van der Waals surface area (Å²) in [5.41, 5.74) is 1.17. The third-order valence-electron chi connectivity index (χ3n) is 6.45. The van der Waals surface area contributed by atoms with Crippen LogP contribution in [0.2, 0.25) is 0 Å². The van der Waals surface area contributed by atoms with Crippen LogP contribution in [0.25, 0.3) is 16.9 Å². The van der Waals surface area contributed by atoms with Crippen molar-refractivity contribution in [3.63, 3.8) is 0 Å². The number of halogens is 4. The molecule has 1 aliphatic heterocycles. The van der Waals surface area contributed by atoms with E-state index in [0.717, 1.165) is 17.7 Å². The zero-order valence-corrected chi connectivity index (χ0v) is 20.6. The van der Waals surface area contributed by atoms with Crippen LogP contribution in [0, 0.1) is 11.6 Å². The molecule has 0 atom stereocenters. The van der Waals surface area contributed by atoms with Crippen LogP contribution in [0.5, 0.6) is 5.75 Å². The average Bonchev–Trinajstić information content (AvgIpc) is 3.33. The zero-order chi connectivity index (χ0) is 27.7. The van der Waals surface area contributed by atoms with Crippen molar-refractivity contribution in [3.05, 3.63) is 71.7 Å². The van der Waals surface area contributed by atoms with Crippen molar-refractivity contribution in [1.82, 2.24) is 25.0 Å². The van der Waals surface area contributed by atoms with Gasteiger partial charge in [0, 0.05) is 48.8 Å². The van der Waals surface area contributed by atoms with Crippen LogP contribution in [-0.2, 0) is 6.42 Å². The van der Waals surface area contributed by atoms with E-state index < -0.39 is 29.6 Å². The lowest BCUT2D eigenvalue weighted by Crippen LogP contribution is -2.64. The van der Waals surface area contributed by atoms with Crippen LogP contribution in [0.15, 0.2) is 48.9 Å². The first-order valence-corrected chi connectivity index (χ1v) is 12.1. The Hall–Kier alpha value is -4.23. The number of benzene rings is 2. The summed E-state index contributed by atoms with van der Waals surface area (Å²) in [5.74, 6) is -3.78. The Morgan fingerprint density at radius 1 is 1.21 bits per heavy atom. The van der Waals surface area contributed by atoms with E-state index >= 15 is 0 Å². The van der Waals surface area contributed by atoms with Crippen LogP contribution in [0.1, 0.15) is 22.8 Å². The fraction of sp³-hybridized carbons (Fsp3) is 0.269. The minimum absolute atomic E-state index is 0.141. The minimum atomic E-state index is -3.30. The Morgan fingerprint density at radius 2 is 2.00 bits per heavy atom. The molecule has 2 aromatic heterocycles. The first-order chi connectivity index (χ1) is 18.7. The van der Waals surface area contributed by atoms with Crippen LogP contribution in [0.4, 0.5) is 29.1 Å². The van der Waals surface area contributed by atoms with Crippen LogP contribution in [-0.4, -0.2) is 57.2 Å². The predicted molar refractivity (Wildman–Crippen MR) is 134 cm³/mol. The second-order valence-corrected chi connectivity index (χ2v) is 9.09. The Balaban J connectivity index is 1.40. The number of amides is 1. The molecule has 5 rings (SSSR count). The van der Waals surface area contributed by atoms with Gasteiger partial charge in [-0.3, -0.25) is 9.20 Å². The molecule has 1 aliphatic rings. The van der Waals surface area contributed by atoms with Gasteiger partial charge in [0.15, 0.2) is 23.0 Å². The second kappa shape index (κ2) is 10.5. The van der Waals surface area contributed by atoms with Gasteiger partial charge in [-0.2, -0.15) is 13.2 Å². The number of fused-ring (bicyclic) bond motifs is 1. The molecule has 4 N–H and O–H groups in total. The van der Waals surface area contributed by atoms with E-state index in [-0.39, 0.29) is 23.7 Å². The summed E-state index contributed by atoms with van der Waals surface area (Å²) in [6, 6.07) is 7.20. The second-order valence-electron chi connectivity index (χ2n) is 9.09. The smallest absolute Gasteiger partial charge is 0.387 e. The van der Waals surface area contributed by atoms with E-state index in [1.807, 2.05) is 6.92 Å². The molecular weight excluding hydrogens is 520 g/mol. The normalized spacial score (nSPS) is 14.3. The maximum absolute atomic E-state index is 14.8. The maximum Gasteiger partial charge on any atom is 0.387 e. The first kappa shape index (κ1) is 26.4. The third-order valence-corrected chi connectivity index (χ3v) is 6.45. The monoisotopic (exact) mass is 544 g/mol. The number of aliphatic hydroxyl groups is 1. The first-order valence-electron chi connectivity index (χ1n) is 12.1. The van der Waals surface area contributed by atoms with E-state index in [1.54, 1.807) is 18.2 Å². The zero-order valence-electron chi connectivity index (χ0n) is 20.6. The molecule has 0 bridgehead atoms. The van der Waals surface area contributed by atoms with E-state index in [9.17, 15) is 27.5 Å². The molecule has 1 amide bonds. The van der Waals surface area contributed by atoms with Crippen molar-refractivity contribution in [2.24, 2.45) is 0 Å². The van der Waals surface area contributed by atoms with Crippen molar-refractivity contribution in [3.8, 4) is 17.0 Å². The van der Waals surface area contributed by atoms with E-state index in [0.29, 0.717) is 42.2 Å². The number of nitrogens with one attached hydrogen (secondary N) is 3. The number of aromatic nitrogens is 3. The lowest BCUT2D eigenvalue weighted by Gasteiger charge is -2.37. The van der Waals surface area contributed by atoms with E-state index in [2.05, 4.69) is 30.7 Å². The predicted octanol–water partition coefficient (Wildman–Crippen LogP) is 3.65. The highest BCUT2D eigenvalue weighted by Crippen LogP contribution is 2.32. The fourth-order valence-electron chi connectivity index (χ4n) is 4.32. The standard InChI is InChI=1S/C26H24F4N6O3/c1-2-14-9-15(3-4-16(14)24(37)34-13-26(38)11-31-12-26)35-22-23-33-10-18(36(23)8-7-32-22)17-5-6-19(39-25(29)30)21(28)20(17)27/h3-10,25,31,38H,2,11-13H2,1H3,(H,32,35)(H,34,37). The molecule has 1 fully saturated rings. The molecule has 9 nitrogen and oxygen atoms in total. The van der Waals surface area contributed by atoms with Crippen molar-refractivity contribution in [2.45, 2.75) is 25.6 Å². The number of rotatable bonds is 9. The molecule has 39 heavy (non-hydrogen) atoms. The Morgan fingerprint density at radius 3 is 2.69 bits per heavy atom. The topological polar surface area (TPSA) is 113 Å². The van der Waals surface area contributed by atoms with Gasteiger partial charge in [0.2, 0.25) is 5.82 Å². The van der Waals surface area contributed by atoms with Gasteiger partial charge in [0.25, 0.3) is 5.91 Å². The molecule has 204 valence electrons.